The molecule has 0 aromatic carbocycles. The molecule has 0 aromatic rings. The summed E-state index contributed by atoms with van der Waals surface area (Å²) in [5.41, 5.74) is 2.94. The predicted octanol–water partition coefficient (Wildman–Crippen LogP) is -0.00990. The highest BCUT2D eigenvalue weighted by Crippen LogP contribution is 1.78. The molecule has 66 valence electrons. The molecule has 4 heteroatoms. The molecule has 11 heavy (non-hydrogen) atoms. The highest BCUT2D eigenvalue weighted by atomic mass is 15.4. The van der Waals surface area contributed by atoms with Crippen molar-refractivity contribution in [1.82, 2.24) is 15.2 Å². The SMILES string of the molecule is CC(=NNCN(C)C)N(C)C. The average Bonchev–Trinajstić information content (AvgIpc) is 1.86. The van der Waals surface area contributed by atoms with E-state index in [0.717, 1.165) is 12.5 Å². The zero-order chi connectivity index (χ0) is 8.85. The van der Waals surface area contributed by atoms with Crippen LogP contribution in [-0.4, -0.2) is 50.5 Å². The molecule has 0 atom stereocenters. The fraction of sp³-hybridized carbons (Fsp3) is 0.857. The normalized spacial score (nSPS) is 12.0. The predicted molar refractivity (Wildman–Crippen MR) is 48.5 cm³/mol. The molecule has 1 N–H and O–H groups in total. The molecule has 0 radical (unpaired) electrons. The number of nitrogens with one attached hydrogen (secondary N) is 1. The van der Waals surface area contributed by atoms with Crippen LogP contribution in [0.25, 0.3) is 0 Å². The van der Waals surface area contributed by atoms with Crippen LogP contribution in [0.15, 0.2) is 5.10 Å². The van der Waals surface area contributed by atoms with Gasteiger partial charge in [-0.1, -0.05) is 0 Å². The van der Waals surface area contributed by atoms with Gasteiger partial charge in [0.1, 0.15) is 5.84 Å². The standard InChI is InChI=1S/C7H18N4/c1-7(11(4)5)9-8-6-10(2)3/h8H,6H2,1-5H3. The van der Waals surface area contributed by atoms with Crippen molar-refractivity contribution in [3.63, 3.8) is 0 Å². The van der Waals surface area contributed by atoms with Crippen LogP contribution >= 0.6 is 0 Å². The van der Waals surface area contributed by atoms with Crippen molar-refractivity contribution in [1.29, 1.82) is 0 Å². The second-order valence-corrected chi connectivity index (χ2v) is 2.95. The molecule has 0 aliphatic carbocycles. The first-order chi connectivity index (χ1) is 5.04. The van der Waals surface area contributed by atoms with Crippen LogP contribution in [0, 0.1) is 0 Å². The maximum atomic E-state index is 4.11. The van der Waals surface area contributed by atoms with Gasteiger partial charge >= 0.3 is 0 Å². The Morgan fingerprint density at radius 1 is 1.27 bits per heavy atom. The fourth-order valence-electron chi connectivity index (χ4n) is 0.391. The Hall–Kier alpha value is -0.770. The van der Waals surface area contributed by atoms with Gasteiger partial charge in [0.2, 0.25) is 0 Å². The minimum atomic E-state index is 0.769. The molecule has 0 rings (SSSR count). The lowest BCUT2D eigenvalue weighted by Crippen LogP contribution is -2.28. The summed E-state index contributed by atoms with van der Waals surface area (Å²) in [5.74, 6) is 0.979. The lowest BCUT2D eigenvalue weighted by Gasteiger charge is -2.13. The minimum Gasteiger partial charge on any atom is -0.365 e. The lowest BCUT2D eigenvalue weighted by atomic mass is 10.6. The summed E-state index contributed by atoms with van der Waals surface area (Å²) in [6.07, 6.45) is 0. The van der Waals surface area contributed by atoms with Gasteiger partial charge in [-0.3, -0.25) is 10.3 Å². The van der Waals surface area contributed by atoms with Gasteiger partial charge in [0.05, 0.1) is 6.67 Å². The quantitative estimate of drug-likeness (QED) is 0.271. The Balaban J connectivity index is 3.57. The third kappa shape index (κ3) is 5.66. The second kappa shape index (κ2) is 4.96. The Labute approximate surface area is 68.9 Å². The summed E-state index contributed by atoms with van der Waals surface area (Å²) in [4.78, 5) is 3.98. The van der Waals surface area contributed by atoms with Crippen LogP contribution in [0.2, 0.25) is 0 Å². The average molecular weight is 158 g/mol. The maximum Gasteiger partial charge on any atom is 0.121 e. The van der Waals surface area contributed by atoms with E-state index in [4.69, 9.17) is 0 Å². The highest BCUT2D eigenvalue weighted by molar-refractivity contribution is 5.78. The zero-order valence-corrected chi connectivity index (χ0v) is 8.05. The van der Waals surface area contributed by atoms with Crippen LogP contribution < -0.4 is 5.43 Å². The molecular formula is C7H18N4. The van der Waals surface area contributed by atoms with Gasteiger partial charge in [-0.15, -0.1) is 0 Å². The van der Waals surface area contributed by atoms with Crippen LogP contribution in [-0.2, 0) is 0 Å². The van der Waals surface area contributed by atoms with Crippen molar-refractivity contribution in [2.75, 3.05) is 34.9 Å². The number of nitrogens with zero attached hydrogens (tertiary/aromatic N) is 3. The van der Waals surface area contributed by atoms with Crippen LogP contribution in [0.5, 0.6) is 0 Å². The van der Waals surface area contributed by atoms with Crippen molar-refractivity contribution in [3.05, 3.63) is 0 Å². The van der Waals surface area contributed by atoms with Crippen molar-refractivity contribution in [2.45, 2.75) is 6.92 Å². The second-order valence-electron chi connectivity index (χ2n) is 2.95. The lowest BCUT2D eigenvalue weighted by molar-refractivity contribution is 0.372. The van der Waals surface area contributed by atoms with Crippen molar-refractivity contribution >= 4 is 5.84 Å². The van der Waals surface area contributed by atoms with Gasteiger partial charge in [0.15, 0.2) is 0 Å². The molecule has 0 spiro atoms. The molecule has 0 bridgehead atoms. The molecule has 0 saturated carbocycles. The van der Waals surface area contributed by atoms with Gasteiger partial charge < -0.3 is 4.90 Å². The van der Waals surface area contributed by atoms with Gasteiger partial charge in [-0.05, 0) is 21.0 Å². The number of amidine groups is 1. The first-order valence-corrected chi connectivity index (χ1v) is 3.63. The van der Waals surface area contributed by atoms with E-state index in [1.54, 1.807) is 0 Å². The van der Waals surface area contributed by atoms with Crippen molar-refractivity contribution < 1.29 is 0 Å². The van der Waals surface area contributed by atoms with Gasteiger partial charge in [-0.2, -0.15) is 5.10 Å². The Morgan fingerprint density at radius 3 is 2.18 bits per heavy atom. The zero-order valence-electron chi connectivity index (χ0n) is 8.05. The van der Waals surface area contributed by atoms with Crippen LogP contribution in [0.3, 0.4) is 0 Å². The third-order valence-electron chi connectivity index (χ3n) is 1.28. The van der Waals surface area contributed by atoms with Crippen LogP contribution in [0.4, 0.5) is 0 Å². The Morgan fingerprint density at radius 2 is 1.82 bits per heavy atom. The summed E-state index contributed by atoms with van der Waals surface area (Å²) >= 11 is 0. The molecule has 0 aliphatic rings. The number of hydrogen-bond donors (Lipinski definition) is 1. The fourth-order valence-corrected chi connectivity index (χ4v) is 0.391. The molecule has 0 fully saturated rings. The van der Waals surface area contributed by atoms with E-state index in [2.05, 4.69) is 10.5 Å². The molecular weight excluding hydrogens is 140 g/mol. The Bertz CT molecular complexity index is 128. The van der Waals surface area contributed by atoms with Crippen LogP contribution in [0.1, 0.15) is 6.92 Å². The summed E-state index contributed by atoms with van der Waals surface area (Å²) < 4.78 is 0. The number of hydrogen-bond acceptors (Lipinski definition) is 3. The molecule has 4 nitrogen and oxygen atoms in total. The first kappa shape index (κ1) is 10.2. The van der Waals surface area contributed by atoms with Gasteiger partial charge in [-0.25, -0.2) is 0 Å². The van der Waals surface area contributed by atoms with E-state index >= 15 is 0 Å². The molecule has 0 heterocycles. The molecule has 0 unspecified atom stereocenters. The van der Waals surface area contributed by atoms with E-state index < -0.39 is 0 Å². The first-order valence-electron chi connectivity index (χ1n) is 3.63. The van der Waals surface area contributed by atoms with Crippen molar-refractivity contribution in [3.8, 4) is 0 Å². The minimum absolute atomic E-state index is 0.769. The number of rotatable bonds is 3. The summed E-state index contributed by atoms with van der Waals surface area (Å²) in [6.45, 7) is 2.73. The Kier molecular flexibility index (Phi) is 4.61. The third-order valence-corrected chi connectivity index (χ3v) is 1.28. The topological polar surface area (TPSA) is 30.9 Å². The number of hydrazone groups is 1. The van der Waals surface area contributed by atoms with E-state index in [1.807, 2.05) is 44.9 Å². The van der Waals surface area contributed by atoms with Gasteiger partial charge in [0, 0.05) is 14.1 Å². The molecule has 0 amide bonds. The summed E-state index contributed by atoms with van der Waals surface area (Å²) in [7, 11) is 7.92. The van der Waals surface area contributed by atoms with E-state index in [-0.39, 0.29) is 0 Å². The summed E-state index contributed by atoms with van der Waals surface area (Å²) in [5, 5.41) is 4.11. The van der Waals surface area contributed by atoms with Gasteiger partial charge in [0.25, 0.3) is 0 Å². The highest BCUT2D eigenvalue weighted by Gasteiger charge is 1.91. The van der Waals surface area contributed by atoms with E-state index in [0.29, 0.717) is 0 Å². The summed E-state index contributed by atoms with van der Waals surface area (Å²) in [6, 6.07) is 0. The molecule has 0 aliphatic heterocycles. The molecule has 0 aromatic heterocycles. The largest absolute Gasteiger partial charge is 0.365 e. The smallest absolute Gasteiger partial charge is 0.121 e. The monoisotopic (exact) mass is 158 g/mol. The van der Waals surface area contributed by atoms with Crippen molar-refractivity contribution in [2.24, 2.45) is 5.10 Å². The van der Waals surface area contributed by atoms with E-state index in [9.17, 15) is 0 Å². The molecule has 0 saturated heterocycles. The maximum absolute atomic E-state index is 4.11. The van der Waals surface area contributed by atoms with E-state index in [1.165, 1.54) is 0 Å².